The molecule has 0 saturated carbocycles. The van der Waals surface area contributed by atoms with Crippen LogP contribution in [0.2, 0.25) is 0 Å². The van der Waals surface area contributed by atoms with Crippen molar-refractivity contribution in [3.05, 3.63) is 23.5 Å². The Labute approximate surface area is 47.2 Å². The number of H-pyrrole nitrogens is 1. The third kappa shape index (κ3) is 0.346. The van der Waals surface area contributed by atoms with E-state index in [0.29, 0.717) is 0 Å². The Bertz CT molecular complexity index is 222. The molecule has 1 aromatic heterocycles. The Balaban J connectivity index is 2.67. The smallest absolute Gasteiger partial charge is 0.0562 e. The maximum absolute atomic E-state index is 3.87. The number of nitrogens with one attached hydrogen (secondary N) is 1. The first-order valence-electron chi connectivity index (χ1n) is 2.65. The molecule has 0 amide bonds. The summed E-state index contributed by atoms with van der Waals surface area (Å²) in [6, 6.07) is 0. The SMILES string of the molecule is C1=Cc2cn[nH]c2C1. The second-order valence-corrected chi connectivity index (χ2v) is 1.91. The van der Waals surface area contributed by atoms with Gasteiger partial charge in [-0.05, 0) is 0 Å². The van der Waals surface area contributed by atoms with Gasteiger partial charge in [-0.3, -0.25) is 5.10 Å². The van der Waals surface area contributed by atoms with E-state index < -0.39 is 0 Å². The lowest BCUT2D eigenvalue weighted by Gasteiger charge is -1.79. The Morgan fingerprint density at radius 3 is 3.50 bits per heavy atom. The number of aromatic amines is 1. The first-order valence-corrected chi connectivity index (χ1v) is 2.65. The van der Waals surface area contributed by atoms with Crippen LogP contribution in [-0.4, -0.2) is 10.2 Å². The second kappa shape index (κ2) is 1.22. The Hall–Kier alpha value is -1.05. The highest BCUT2D eigenvalue weighted by atomic mass is 15.1. The van der Waals surface area contributed by atoms with Crippen molar-refractivity contribution in [2.45, 2.75) is 6.42 Å². The van der Waals surface area contributed by atoms with Crippen LogP contribution >= 0.6 is 0 Å². The van der Waals surface area contributed by atoms with Gasteiger partial charge in [0.2, 0.25) is 0 Å². The Morgan fingerprint density at radius 2 is 2.62 bits per heavy atom. The van der Waals surface area contributed by atoms with Crippen LogP contribution in [0.4, 0.5) is 0 Å². The average Bonchev–Trinajstić information content (AvgIpc) is 2.15. The molecular weight excluding hydrogens is 100 g/mol. The molecule has 1 aliphatic rings. The summed E-state index contributed by atoms with van der Waals surface area (Å²) < 4.78 is 0. The van der Waals surface area contributed by atoms with E-state index in [1.807, 2.05) is 6.20 Å². The summed E-state index contributed by atoms with van der Waals surface area (Å²) in [4.78, 5) is 0. The van der Waals surface area contributed by atoms with Gasteiger partial charge < -0.3 is 0 Å². The van der Waals surface area contributed by atoms with Crippen molar-refractivity contribution < 1.29 is 0 Å². The van der Waals surface area contributed by atoms with E-state index in [-0.39, 0.29) is 0 Å². The third-order valence-corrected chi connectivity index (χ3v) is 1.37. The summed E-state index contributed by atoms with van der Waals surface area (Å²) in [5, 5.41) is 6.77. The van der Waals surface area contributed by atoms with Crippen LogP contribution in [-0.2, 0) is 6.42 Å². The molecule has 0 spiro atoms. The van der Waals surface area contributed by atoms with E-state index in [2.05, 4.69) is 22.3 Å². The van der Waals surface area contributed by atoms with Crippen LogP contribution in [0, 0.1) is 0 Å². The van der Waals surface area contributed by atoms with Crippen LogP contribution in [0.25, 0.3) is 6.08 Å². The number of hydrogen-bond donors (Lipinski definition) is 1. The maximum atomic E-state index is 3.87. The summed E-state index contributed by atoms with van der Waals surface area (Å²) in [7, 11) is 0. The van der Waals surface area contributed by atoms with Gasteiger partial charge in [-0.15, -0.1) is 0 Å². The molecule has 0 bridgehead atoms. The Morgan fingerprint density at radius 1 is 1.62 bits per heavy atom. The molecule has 8 heavy (non-hydrogen) atoms. The zero-order chi connectivity index (χ0) is 5.40. The zero-order valence-corrected chi connectivity index (χ0v) is 4.39. The standard InChI is InChI=1S/C6H6N2/c1-2-5-4-7-8-6(5)3-1/h1-2,4H,3H2,(H,7,8). The van der Waals surface area contributed by atoms with Gasteiger partial charge in [0.05, 0.1) is 6.20 Å². The molecule has 0 aliphatic heterocycles. The van der Waals surface area contributed by atoms with E-state index in [0.717, 1.165) is 6.42 Å². The molecule has 0 fully saturated rings. The van der Waals surface area contributed by atoms with Gasteiger partial charge in [-0.1, -0.05) is 12.2 Å². The predicted octanol–water partition coefficient (Wildman–Crippen LogP) is 0.979. The van der Waals surface area contributed by atoms with Gasteiger partial charge in [0.25, 0.3) is 0 Å². The van der Waals surface area contributed by atoms with Crippen molar-refractivity contribution >= 4 is 6.08 Å². The largest absolute Gasteiger partial charge is 0.282 e. The van der Waals surface area contributed by atoms with Crippen LogP contribution in [0.1, 0.15) is 11.3 Å². The van der Waals surface area contributed by atoms with Crippen LogP contribution < -0.4 is 0 Å². The summed E-state index contributed by atoms with van der Waals surface area (Å²) >= 11 is 0. The molecule has 2 heteroatoms. The lowest BCUT2D eigenvalue weighted by molar-refractivity contribution is 1.02. The first-order chi connectivity index (χ1) is 3.97. The topological polar surface area (TPSA) is 28.7 Å². The van der Waals surface area contributed by atoms with Gasteiger partial charge in [0, 0.05) is 17.7 Å². The van der Waals surface area contributed by atoms with Crippen molar-refractivity contribution in [2.75, 3.05) is 0 Å². The first kappa shape index (κ1) is 3.89. The van der Waals surface area contributed by atoms with Gasteiger partial charge in [-0.2, -0.15) is 5.10 Å². The Kier molecular flexibility index (Phi) is 0.592. The van der Waals surface area contributed by atoms with Gasteiger partial charge in [0.15, 0.2) is 0 Å². The number of hydrogen-bond acceptors (Lipinski definition) is 1. The molecule has 1 aromatic rings. The molecule has 2 nitrogen and oxygen atoms in total. The van der Waals surface area contributed by atoms with Crippen molar-refractivity contribution in [3.8, 4) is 0 Å². The highest BCUT2D eigenvalue weighted by molar-refractivity contribution is 5.56. The van der Waals surface area contributed by atoms with E-state index >= 15 is 0 Å². The van der Waals surface area contributed by atoms with E-state index in [9.17, 15) is 0 Å². The van der Waals surface area contributed by atoms with Crippen molar-refractivity contribution in [1.82, 2.24) is 10.2 Å². The summed E-state index contributed by atoms with van der Waals surface area (Å²) in [6.45, 7) is 0. The van der Waals surface area contributed by atoms with E-state index in [1.54, 1.807) is 0 Å². The zero-order valence-electron chi connectivity index (χ0n) is 4.39. The average molecular weight is 106 g/mol. The molecule has 1 N–H and O–H groups in total. The fourth-order valence-corrected chi connectivity index (χ4v) is 0.933. The molecule has 0 unspecified atom stereocenters. The quantitative estimate of drug-likeness (QED) is 0.524. The molecular formula is C6H6N2. The lowest BCUT2D eigenvalue weighted by atomic mass is 10.3. The van der Waals surface area contributed by atoms with Gasteiger partial charge >= 0.3 is 0 Å². The summed E-state index contributed by atoms with van der Waals surface area (Å²) in [5.74, 6) is 0. The number of fused-ring (bicyclic) bond motifs is 1. The monoisotopic (exact) mass is 106 g/mol. The van der Waals surface area contributed by atoms with Gasteiger partial charge in [-0.25, -0.2) is 0 Å². The summed E-state index contributed by atoms with van der Waals surface area (Å²) in [6.07, 6.45) is 7.08. The minimum Gasteiger partial charge on any atom is -0.282 e. The normalized spacial score (nSPS) is 14.5. The molecule has 2 rings (SSSR count). The number of nitrogens with zero attached hydrogens (tertiary/aromatic N) is 1. The second-order valence-electron chi connectivity index (χ2n) is 1.91. The number of aromatic nitrogens is 2. The van der Waals surface area contributed by atoms with Crippen molar-refractivity contribution in [2.24, 2.45) is 0 Å². The number of rotatable bonds is 0. The van der Waals surface area contributed by atoms with E-state index in [1.165, 1.54) is 11.3 Å². The molecule has 0 radical (unpaired) electrons. The predicted molar refractivity (Wildman–Crippen MR) is 31.3 cm³/mol. The molecule has 40 valence electrons. The molecule has 0 saturated heterocycles. The molecule has 1 aliphatic carbocycles. The highest BCUT2D eigenvalue weighted by Crippen LogP contribution is 2.14. The van der Waals surface area contributed by atoms with E-state index in [4.69, 9.17) is 0 Å². The fraction of sp³-hybridized carbons (Fsp3) is 0.167. The molecule has 0 atom stereocenters. The molecule has 1 heterocycles. The van der Waals surface area contributed by atoms with Crippen molar-refractivity contribution in [3.63, 3.8) is 0 Å². The van der Waals surface area contributed by atoms with Crippen LogP contribution in [0.15, 0.2) is 12.3 Å². The summed E-state index contributed by atoms with van der Waals surface area (Å²) in [5.41, 5.74) is 2.48. The van der Waals surface area contributed by atoms with Crippen molar-refractivity contribution in [1.29, 1.82) is 0 Å². The van der Waals surface area contributed by atoms with Crippen LogP contribution in [0.3, 0.4) is 0 Å². The third-order valence-electron chi connectivity index (χ3n) is 1.37. The number of allylic oxidation sites excluding steroid dienone is 1. The van der Waals surface area contributed by atoms with Crippen LogP contribution in [0.5, 0.6) is 0 Å². The minimum atomic E-state index is 1.02. The highest BCUT2D eigenvalue weighted by Gasteiger charge is 2.03. The fourth-order valence-electron chi connectivity index (χ4n) is 0.933. The minimum absolute atomic E-state index is 1.02. The molecule has 0 aromatic carbocycles. The lowest BCUT2D eigenvalue weighted by Crippen LogP contribution is -1.76. The maximum Gasteiger partial charge on any atom is 0.0562 e. The van der Waals surface area contributed by atoms with Gasteiger partial charge in [0.1, 0.15) is 0 Å².